The maximum atomic E-state index is 12.3. The van der Waals surface area contributed by atoms with Crippen LogP contribution in [0.5, 0.6) is 0 Å². The van der Waals surface area contributed by atoms with Gasteiger partial charge in [0.15, 0.2) is 5.41 Å². The summed E-state index contributed by atoms with van der Waals surface area (Å²) in [4.78, 5) is 12.3. The summed E-state index contributed by atoms with van der Waals surface area (Å²) in [6, 6.07) is 11.6. The molecular weight excluding hydrogens is 264 g/mol. The number of hydrogen-bond donors (Lipinski definition) is 0. The molecule has 2 atom stereocenters. The van der Waals surface area contributed by atoms with Gasteiger partial charge in [0.25, 0.3) is 0 Å². The van der Waals surface area contributed by atoms with Crippen molar-refractivity contribution in [3.8, 4) is 12.1 Å². The van der Waals surface area contributed by atoms with Crippen molar-refractivity contribution in [2.75, 3.05) is 0 Å². The third-order valence-corrected chi connectivity index (χ3v) is 3.67. The minimum atomic E-state index is -1.31. The average molecular weight is 282 g/mol. The highest BCUT2D eigenvalue weighted by Gasteiger charge is 2.72. The van der Waals surface area contributed by atoms with Gasteiger partial charge in [0.1, 0.15) is 5.60 Å². The van der Waals surface area contributed by atoms with E-state index in [-0.39, 0.29) is 0 Å². The number of esters is 1. The van der Waals surface area contributed by atoms with Crippen LogP contribution in [0.25, 0.3) is 0 Å². The van der Waals surface area contributed by atoms with Crippen LogP contribution in [0.2, 0.25) is 0 Å². The Morgan fingerprint density at radius 2 is 1.71 bits per heavy atom. The summed E-state index contributed by atoms with van der Waals surface area (Å²) in [5.74, 6) is -1.60. The monoisotopic (exact) mass is 282 g/mol. The van der Waals surface area contributed by atoms with Crippen molar-refractivity contribution < 1.29 is 9.53 Å². The van der Waals surface area contributed by atoms with E-state index in [0.717, 1.165) is 11.1 Å². The smallest absolute Gasteiger partial charge is 0.312 e. The number of carbonyl (C=O) groups excluding carboxylic acids is 1. The molecule has 0 spiro atoms. The van der Waals surface area contributed by atoms with E-state index in [1.165, 1.54) is 0 Å². The minimum absolute atomic E-state index is 0.414. The number of rotatable bonds is 2. The van der Waals surface area contributed by atoms with Gasteiger partial charge in [0, 0.05) is 5.92 Å². The lowest BCUT2D eigenvalue weighted by atomic mass is 10.0. The third-order valence-electron chi connectivity index (χ3n) is 3.67. The molecule has 1 aliphatic carbocycles. The molecule has 0 N–H and O–H groups in total. The molecule has 0 saturated heterocycles. The van der Waals surface area contributed by atoms with Gasteiger partial charge in [-0.1, -0.05) is 29.8 Å². The Morgan fingerprint density at radius 3 is 2.14 bits per heavy atom. The molecule has 108 valence electrons. The maximum absolute atomic E-state index is 12.3. The summed E-state index contributed by atoms with van der Waals surface area (Å²) in [7, 11) is 0. The third kappa shape index (κ3) is 2.62. The van der Waals surface area contributed by atoms with Crippen LogP contribution in [0.1, 0.15) is 37.8 Å². The lowest BCUT2D eigenvalue weighted by Crippen LogP contribution is -2.26. The van der Waals surface area contributed by atoms with Crippen LogP contribution in [0.4, 0.5) is 0 Å². The minimum Gasteiger partial charge on any atom is -0.460 e. The van der Waals surface area contributed by atoms with Crippen LogP contribution >= 0.6 is 0 Å². The lowest BCUT2D eigenvalue weighted by molar-refractivity contribution is -0.157. The number of carbonyl (C=O) groups is 1. The number of hydrogen-bond acceptors (Lipinski definition) is 4. The van der Waals surface area contributed by atoms with Crippen molar-refractivity contribution in [1.29, 1.82) is 10.5 Å². The summed E-state index contributed by atoms with van der Waals surface area (Å²) in [5, 5.41) is 18.8. The van der Waals surface area contributed by atoms with E-state index in [9.17, 15) is 15.3 Å². The van der Waals surface area contributed by atoms with Crippen molar-refractivity contribution in [3.63, 3.8) is 0 Å². The molecule has 0 aromatic heterocycles. The summed E-state index contributed by atoms with van der Waals surface area (Å²) in [6.07, 6.45) is 0. The first kappa shape index (κ1) is 15.1. The Bertz CT molecular complexity index is 627. The Balaban J connectivity index is 2.33. The average Bonchev–Trinajstić information content (AvgIpc) is 3.07. The standard InChI is InChI=1S/C17H18N2O2/c1-11-5-7-12(8-6-11)13-14(17(13,9-18)10-19)15(20)21-16(2,3)4/h5-8,13-14H,1-4H3/t13-,14+/m0/s1. The van der Waals surface area contributed by atoms with E-state index in [4.69, 9.17) is 4.74 Å². The Morgan fingerprint density at radius 1 is 1.19 bits per heavy atom. The Kier molecular flexibility index (Phi) is 3.51. The topological polar surface area (TPSA) is 73.9 Å². The number of nitrogens with zero attached hydrogens (tertiary/aromatic N) is 2. The van der Waals surface area contributed by atoms with E-state index in [2.05, 4.69) is 0 Å². The molecule has 0 radical (unpaired) electrons. The van der Waals surface area contributed by atoms with Gasteiger partial charge in [0.2, 0.25) is 0 Å². The Labute approximate surface area is 125 Å². The fourth-order valence-electron chi connectivity index (χ4n) is 2.61. The van der Waals surface area contributed by atoms with Crippen molar-refractivity contribution in [1.82, 2.24) is 0 Å². The van der Waals surface area contributed by atoms with Gasteiger partial charge in [-0.15, -0.1) is 0 Å². The number of nitriles is 2. The van der Waals surface area contributed by atoms with Crippen molar-refractivity contribution in [2.45, 2.75) is 39.2 Å². The predicted octanol–water partition coefficient (Wildman–Crippen LogP) is 3.08. The number of benzene rings is 1. The zero-order valence-electron chi connectivity index (χ0n) is 12.7. The van der Waals surface area contributed by atoms with Crippen LogP contribution < -0.4 is 0 Å². The zero-order valence-corrected chi connectivity index (χ0v) is 12.7. The van der Waals surface area contributed by atoms with E-state index in [0.29, 0.717) is 0 Å². The molecule has 0 bridgehead atoms. The van der Waals surface area contributed by atoms with Crippen LogP contribution in [0.15, 0.2) is 24.3 Å². The highest BCUT2D eigenvalue weighted by atomic mass is 16.6. The molecule has 4 heteroatoms. The van der Waals surface area contributed by atoms with Crippen LogP contribution in [-0.4, -0.2) is 11.6 Å². The van der Waals surface area contributed by atoms with Gasteiger partial charge in [0.05, 0.1) is 18.1 Å². The second-order valence-electron chi connectivity index (χ2n) is 6.49. The first-order chi connectivity index (χ1) is 9.75. The molecular formula is C17H18N2O2. The SMILES string of the molecule is Cc1ccc([C@H]2[C@H](C(=O)OC(C)(C)C)C2(C#N)C#N)cc1. The van der Waals surface area contributed by atoms with Crippen molar-refractivity contribution in [3.05, 3.63) is 35.4 Å². The van der Waals surface area contributed by atoms with Gasteiger partial charge in [-0.2, -0.15) is 10.5 Å². The molecule has 1 aromatic rings. The molecule has 1 fully saturated rings. The molecule has 21 heavy (non-hydrogen) atoms. The van der Waals surface area contributed by atoms with Gasteiger partial charge in [-0.25, -0.2) is 0 Å². The van der Waals surface area contributed by atoms with Crippen LogP contribution in [-0.2, 0) is 9.53 Å². The molecule has 0 aliphatic heterocycles. The van der Waals surface area contributed by atoms with Gasteiger partial charge in [-0.05, 0) is 33.3 Å². The fourth-order valence-corrected chi connectivity index (χ4v) is 2.61. The first-order valence-electron chi connectivity index (χ1n) is 6.87. The highest BCUT2D eigenvalue weighted by Crippen LogP contribution is 2.64. The normalized spacial score (nSPS) is 22.8. The maximum Gasteiger partial charge on any atom is 0.312 e. The number of aryl methyl sites for hydroxylation is 1. The molecule has 1 aliphatic rings. The summed E-state index contributed by atoms with van der Waals surface area (Å²) in [5.41, 5.74) is -0.0153. The largest absolute Gasteiger partial charge is 0.460 e. The van der Waals surface area contributed by atoms with Crippen LogP contribution in [0.3, 0.4) is 0 Å². The molecule has 0 amide bonds. The van der Waals surface area contributed by atoms with Gasteiger partial charge < -0.3 is 4.74 Å². The highest BCUT2D eigenvalue weighted by molar-refractivity contribution is 5.83. The Hall–Kier alpha value is -2.33. The van der Waals surface area contributed by atoms with Gasteiger partial charge >= 0.3 is 5.97 Å². The van der Waals surface area contributed by atoms with Gasteiger partial charge in [-0.3, -0.25) is 4.79 Å². The van der Waals surface area contributed by atoms with Crippen molar-refractivity contribution >= 4 is 5.97 Å². The molecule has 2 rings (SSSR count). The van der Waals surface area contributed by atoms with E-state index >= 15 is 0 Å². The first-order valence-corrected chi connectivity index (χ1v) is 6.87. The zero-order chi connectivity index (χ0) is 15.8. The van der Waals surface area contributed by atoms with E-state index in [1.54, 1.807) is 20.8 Å². The second-order valence-corrected chi connectivity index (χ2v) is 6.49. The number of ether oxygens (including phenoxy) is 1. The van der Waals surface area contributed by atoms with Crippen molar-refractivity contribution in [2.24, 2.45) is 11.3 Å². The predicted molar refractivity (Wildman–Crippen MR) is 76.9 cm³/mol. The van der Waals surface area contributed by atoms with Crippen LogP contribution in [0, 0.1) is 40.9 Å². The molecule has 1 saturated carbocycles. The molecule has 0 heterocycles. The molecule has 0 unspecified atom stereocenters. The van der Waals surface area contributed by atoms with E-state index in [1.807, 2.05) is 43.3 Å². The lowest BCUT2D eigenvalue weighted by Gasteiger charge is -2.19. The van der Waals surface area contributed by atoms with E-state index < -0.39 is 28.8 Å². The second kappa shape index (κ2) is 4.90. The quantitative estimate of drug-likeness (QED) is 0.781. The molecule has 4 nitrogen and oxygen atoms in total. The fraction of sp³-hybridized carbons (Fsp3) is 0.471. The summed E-state index contributed by atoms with van der Waals surface area (Å²) < 4.78 is 5.35. The summed E-state index contributed by atoms with van der Waals surface area (Å²) in [6.45, 7) is 7.28. The molecule has 1 aromatic carbocycles. The summed E-state index contributed by atoms with van der Waals surface area (Å²) >= 11 is 0.